The minimum Gasteiger partial charge on any atom is -0.465 e. The van der Waals surface area contributed by atoms with E-state index in [4.69, 9.17) is 4.42 Å². The molecule has 5 nitrogen and oxygen atoms in total. The second-order valence-electron chi connectivity index (χ2n) is 4.45. The number of nitrogens with zero attached hydrogens (tertiary/aromatic N) is 2. The lowest BCUT2D eigenvalue weighted by Crippen LogP contribution is -2.44. The summed E-state index contributed by atoms with van der Waals surface area (Å²) in [5.74, 6) is -1.19. The number of alkyl halides is 3. The molecule has 116 valence electrons. The summed E-state index contributed by atoms with van der Waals surface area (Å²) in [6.07, 6.45) is -1.03. The fourth-order valence-corrected chi connectivity index (χ4v) is 1.38. The molecule has 0 aromatic carbocycles. The first-order valence-electron chi connectivity index (χ1n) is 5.96. The van der Waals surface area contributed by atoms with Crippen LogP contribution < -0.4 is 0 Å². The molecule has 0 aliphatic carbocycles. The van der Waals surface area contributed by atoms with E-state index in [1.807, 2.05) is 0 Å². The maximum Gasteiger partial charge on any atom is 0.406 e. The van der Waals surface area contributed by atoms with Gasteiger partial charge in [0.1, 0.15) is 18.8 Å². The lowest BCUT2D eigenvalue weighted by atomic mass is 10.3. The van der Waals surface area contributed by atoms with Crippen LogP contribution in [0.2, 0.25) is 0 Å². The topological polar surface area (TPSA) is 53.8 Å². The van der Waals surface area contributed by atoms with E-state index in [0.717, 1.165) is 11.0 Å². The van der Waals surface area contributed by atoms with Gasteiger partial charge < -0.3 is 14.2 Å². The fourth-order valence-electron chi connectivity index (χ4n) is 1.38. The molecule has 21 heavy (non-hydrogen) atoms. The first-order chi connectivity index (χ1) is 9.69. The maximum atomic E-state index is 12.5. The van der Waals surface area contributed by atoms with Gasteiger partial charge in [0.15, 0.2) is 0 Å². The Kier molecular flexibility index (Phi) is 5.57. The van der Waals surface area contributed by atoms with Crippen molar-refractivity contribution < 1.29 is 27.2 Å². The molecule has 1 rings (SSSR count). The number of carbonyl (C=O) groups is 2. The summed E-state index contributed by atoms with van der Waals surface area (Å²) in [5.41, 5.74) is 0. The van der Waals surface area contributed by atoms with Crippen molar-refractivity contribution in [3.05, 3.63) is 30.2 Å². The Morgan fingerprint density at radius 2 is 2.00 bits per heavy atom. The molecule has 0 bridgehead atoms. The van der Waals surface area contributed by atoms with Gasteiger partial charge in [-0.15, -0.1) is 0 Å². The standard InChI is InChI=1S/C13H15F3N2O3/c1-17(2)12(20)8-18(9-13(14,15)16)11(19)6-5-10-4-3-7-21-10/h3-7H,8-9H2,1-2H3. The molecule has 2 amide bonds. The van der Waals surface area contributed by atoms with Crippen LogP contribution in [0, 0.1) is 0 Å². The predicted molar refractivity (Wildman–Crippen MR) is 69.1 cm³/mol. The summed E-state index contributed by atoms with van der Waals surface area (Å²) < 4.78 is 42.3. The van der Waals surface area contributed by atoms with Crippen LogP contribution in [0.3, 0.4) is 0 Å². The van der Waals surface area contributed by atoms with E-state index in [1.54, 1.807) is 12.1 Å². The van der Waals surface area contributed by atoms with Crippen molar-refractivity contribution in [3.8, 4) is 0 Å². The Labute approximate surface area is 119 Å². The molecular weight excluding hydrogens is 289 g/mol. The van der Waals surface area contributed by atoms with E-state index in [9.17, 15) is 22.8 Å². The first-order valence-corrected chi connectivity index (χ1v) is 5.96. The van der Waals surface area contributed by atoms with Crippen LogP contribution in [0.5, 0.6) is 0 Å². The van der Waals surface area contributed by atoms with Gasteiger partial charge >= 0.3 is 6.18 Å². The van der Waals surface area contributed by atoms with E-state index in [0.29, 0.717) is 10.7 Å². The van der Waals surface area contributed by atoms with E-state index in [2.05, 4.69) is 0 Å². The largest absolute Gasteiger partial charge is 0.465 e. The number of carbonyl (C=O) groups excluding carboxylic acids is 2. The Bertz CT molecular complexity index is 507. The number of furan rings is 1. The van der Waals surface area contributed by atoms with Crippen molar-refractivity contribution in [1.82, 2.24) is 9.80 Å². The van der Waals surface area contributed by atoms with E-state index in [-0.39, 0.29) is 0 Å². The summed E-state index contributed by atoms with van der Waals surface area (Å²) in [4.78, 5) is 24.8. The molecule has 1 aromatic rings. The van der Waals surface area contributed by atoms with E-state index < -0.39 is 31.1 Å². The molecule has 0 saturated heterocycles. The van der Waals surface area contributed by atoms with Gasteiger partial charge in [-0.3, -0.25) is 9.59 Å². The molecule has 1 aromatic heterocycles. The van der Waals surface area contributed by atoms with Crippen molar-refractivity contribution in [2.45, 2.75) is 6.18 Å². The third kappa shape index (κ3) is 6.15. The van der Waals surface area contributed by atoms with Crippen molar-refractivity contribution in [2.75, 3.05) is 27.2 Å². The lowest BCUT2D eigenvalue weighted by Gasteiger charge is -2.23. The van der Waals surface area contributed by atoms with Crippen molar-refractivity contribution in [3.63, 3.8) is 0 Å². The summed E-state index contributed by atoms with van der Waals surface area (Å²) >= 11 is 0. The van der Waals surface area contributed by atoms with Crippen LogP contribution in [0.25, 0.3) is 6.08 Å². The van der Waals surface area contributed by atoms with Crippen LogP contribution in [-0.4, -0.2) is 55.0 Å². The lowest BCUT2D eigenvalue weighted by molar-refractivity contribution is -0.161. The molecule has 0 aliphatic heterocycles. The number of rotatable bonds is 5. The summed E-state index contributed by atoms with van der Waals surface area (Å²) in [5, 5.41) is 0. The zero-order chi connectivity index (χ0) is 16.0. The Morgan fingerprint density at radius 1 is 1.33 bits per heavy atom. The molecule has 0 unspecified atom stereocenters. The number of hydrogen-bond donors (Lipinski definition) is 0. The summed E-state index contributed by atoms with van der Waals surface area (Å²) in [6.45, 7) is -2.14. The Morgan fingerprint density at radius 3 is 2.48 bits per heavy atom. The number of likely N-dealkylation sites (N-methyl/N-ethyl adjacent to an activating group) is 1. The van der Waals surface area contributed by atoms with Gasteiger partial charge in [0.05, 0.1) is 6.26 Å². The molecule has 0 aliphatic rings. The molecular formula is C13H15F3N2O3. The quantitative estimate of drug-likeness (QED) is 0.779. The van der Waals surface area contributed by atoms with Gasteiger partial charge in [0, 0.05) is 20.2 Å². The van der Waals surface area contributed by atoms with Crippen molar-refractivity contribution in [1.29, 1.82) is 0 Å². The smallest absolute Gasteiger partial charge is 0.406 e. The monoisotopic (exact) mass is 304 g/mol. The zero-order valence-corrected chi connectivity index (χ0v) is 11.6. The highest BCUT2D eigenvalue weighted by molar-refractivity contribution is 5.94. The molecule has 0 N–H and O–H groups in total. The first kappa shape index (κ1) is 16.8. The molecule has 0 spiro atoms. The summed E-state index contributed by atoms with van der Waals surface area (Å²) in [7, 11) is 2.80. The second kappa shape index (κ2) is 6.96. The molecule has 0 atom stereocenters. The third-order valence-electron chi connectivity index (χ3n) is 2.44. The predicted octanol–water partition coefficient (Wildman–Crippen LogP) is 1.77. The fraction of sp³-hybridized carbons (Fsp3) is 0.385. The summed E-state index contributed by atoms with van der Waals surface area (Å²) in [6, 6.07) is 3.12. The number of hydrogen-bond acceptors (Lipinski definition) is 3. The average Bonchev–Trinajstić information content (AvgIpc) is 2.86. The highest BCUT2D eigenvalue weighted by Crippen LogP contribution is 2.17. The number of halogens is 3. The highest BCUT2D eigenvalue weighted by Gasteiger charge is 2.33. The number of amides is 2. The van der Waals surface area contributed by atoms with Gasteiger partial charge in [-0.1, -0.05) is 0 Å². The Balaban J connectivity index is 2.79. The average molecular weight is 304 g/mol. The van der Waals surface area contributed by atoms with Crippen LogP contribution in [0.15, 0.2) is 28.9 Å². The molecule has 0 saturated carbocycles. The van der Waals surface area contributed by atoms with Gasteiger partial charge in [0.25, 0.3) is 0 Å². The Hall–Kier alpha value is -2.25. The highest BCUT2D eigenvalue weighted by atomic mass is 19.4. The third-order valence-corrected chi connectivity index (χ3v) is 2.44. The van der Waals surface area contributed by atoms with Crippen LogP contribution in [-0.2, 0) is 9.59 Å². The van der Waals surface area contributed by atoms with Gasteiger partial charge in [-0.25, -0.2) is 0 Å². The molecule has 1 heterocycles. The SMILES string of the molecule is CN(C)C(=O)CN(CC(F)(F)F)C(=O)C=Cc1ccco1. The normalized spacial score (nSPS) is 11.7. The van der Waals surface area contributed by atoms with Gasteiger partial charge in [0.2, 0.25) is 11.8 Å². The van der Waals surface area contributed by atoms with Crippen molar-refractivity contribution in [2.24, 2.45) is 0 Å². The molecule has 0 radical (unpaired) electrons. The van der Waals surface area contributed by atoms with Crippen LogP contribution in [0.1, 0.15) is 5.76 Å². The van der Waals surface area contributed by atoms with Crippen molar-refractivity contribution >= 4 is 17.9 Å². The van der Waals surface area contributed by atoms with Crippen LogP contribution >= 0.6 is 0 Å². The van der Waals surface area contributed by atoms with Gasteiger partial charge in [-0.2, -0.15) is 13.2 Å². The van der Waals surface area contributed by atoms with E-state index >= 15 is 0 Å². The van der Waals surface area contributed by atoms with Gasteiger partial charge in [-0.05, 0) is 18.2 Å². The molecule has 0 fully saturated rings. The second-order valence-corrected chi connectivity index (χ2v) is 4.45. The minimum atomic E-state index is -4.58. The van der Waals surface area contributed by atoms with Crippen LogP contribution in [0.4, 0.5) is 13.2 Å². The maximum absolute atomic E-state index is 12.5. The van der Waals surface area contributed by atoms with E-state index in [1.165, 1.54) is 26.4 Å². The minimum absolute atomic E-state index is 0.328. The zero-order valence-electron chi connectivity index (χ0n) is 11.6. The molecule has 8 heteroatoms.